The van der Waals surface area contributed by atoms with Gasteiger partial charge >= 0.3 is 0 Å². The molecule has 6 rings (SSSR count). The fraction of sp³-hybridized carbons (Fsp3) is 0.333. The minimum absolute atomic E-state index is 0.111. The first-order valence-corrected chi connectivity index (χ1v) is 12.6. The summed E-state index contributed by atoms with van der Waals surface area (Å²) in [4.78, 5) is 54.6. The van der Waals surface area contributed by atoms with Gasteiger partial charge < -0.3 is 0 Å². The van der Waals surface area contributed by atoms with Crippen molar-refractivity contribution in [1.29, 1.82) is 0 Å². The third kappa shape index (κ3) is 3.47. The van der Waals surface area contributed by atoms with Gasteiger partial charge in [-0.15, -0.1) is 0 Å². The van der Waals surface area contributed by atoms with E-state index >= 15 is 0 Å². The van der Waals surface area contributed by atoms with Gasteiger partial charge in [0.15, 0.2) is 0 Å². The summed E-state index contributed by atoms with van der Waals surface area (Å²) >= 11 is 0. The van der Waals surface area contributed by atoms with Crippen LogP contribution in [0.2, 0.25) is 0 Å². The second kappa shape index (κ2) is 8.40. The minimum atomic E-state index is -0.257. The van der Waals surface area contributed by atoms with Gasteiger partial charge in [-0.1, -0.05) is 47.6 Å². The maximum Gasteiger partial charge on any atom is 0.238 e. The third-order valence-electron chi connectivity index (χ3n) is 8.23. The zero-order valence-electron chi connectivity index (χ0n) is 20.4. The maximum atomic E-state index is 13.0. The van der Waals surface area contributed by atoms with E-state index in [0.717, 1.165) is 11.1 Å². The summed E-state index contributed by atoms with van der Waals surface area (Å²) in [5.74, 6) is -1.47. The minimum Gasteiger partial charge on any atom is -0.274 e. The van der Waals surface area contributed by atoms with Crippen molar-refractivity contribution in [2.75, 3.05) is 9.80 Å². The number of carbonyl (C=O) groups is 4. The molecule has 2 fully saturated rings. The van der Waals surface area contributed by atoms with Crippen LogP contribution in [0.15, 0.2) is 71.8 Å². The molecule has 2 aliphatic heterocycles. The molecule has 2 aromatic rings. The second-order valence-electron chi connectivity index (χ2n) is 10.5. The molecule has 0 spiro atoms. The summed E-state index contributed by atoms with van der Waals surface area (Å²) in [6, 6.07) is 14.8. The third-order valence-corrected chi connectivity index (χ3v) is 8.23. The van der Waals surface area contributed by atoms with Crippen molar-refractivity contribution in [3.05, 3.63) is 71.8 Å². The molecule has 36 heavy (non-hydrogen) atoms. The molecular formula is C30H28N2O4. The van der Waals surface area contributed by atoms with Gasteiger partial charge in [-0.2, -0.15) is 0 Å². The van der Waals surface area contributed by atoms with Gasteiger partial charge in [0.25, 0.3) is 0 Å². The fourth-order valence-electron chi connectivity index (χ4n) is 6.19. The molecule has 0 unspecified atom stereocenters. The smallest absolute Gasteiger partial charge is 0.238 e. The number of anilines is 2. The lowest BCUT2D eigenvalue weighted by molar-refractivity contribution is -0.124. The molecule has 6 heteroatoms. The Balaban J connectivity index is 1.20. The van der Waals surface area contributed by atoms with E-state index in [9.17, 15) is 19.2 Å². The number of amides is 4. The van der Waals surface area contributed by atoms with E-state index in [1.807, 2.05) is 62.4 Å². The van der Waals surface area contributed by atoms with Crippen LogP contribution in [0.1, 0.15) is 39.5 Å². The number of benzene rings is 2. The van der Waals surface area contributed by atoms with E-state index in [4.69, 9.17) is 0 Å². The molecule has 0 saturated carbocycles. The lowest BCUT2D eigenvalue weighted by Crippen LogP contribution is -2.30. The average Bonchev–Trinajstić information content (AvgIpc) is 3.27. The summed E-state index contributed by atoms with van der Waals surface area (Å²) in [6.45, 7) is 4.02. The molecule has 2 aromatic carbocycles. The standard InChI is InChI=1S/C30H28N2O4/c1-17-3-13-23-25(15-17)29(35)31(27(23)33)21-9-5-19(6-10-21)20-7-11-22(12-8-20)32-28(34)24-14-4-18(2)16-26(24)30(32)36/h3-12,23-26H,13-16H2,1-2H3/t23-,24+,25-,26-/m1/s1. The Hall–Kier alpha value is -3.80. The highest BCUT2D eigenvalue weighted by molar-refractivity contribution is 6.23. The molecule has 4 amide bonds. The summed E-state index contributed by atoms with van der Waals surface area (Å²) < 4.78 is 0. The first-order chi connectivity index (χ1) is 17.3. The highest BCUT2D eigenvalue weighted by atomic mass is 16.2. The second-order valence-corrected chi connectivity index (χ2v) is 10.5. The van der Waals surface area contributed by atoms with Gasteiger partial charge in [0.05, 0.1) is 35.0 Å². The molecule has 2 heterocycles. The van der Waals surface area contributed by atoms with Gasteiger partial charge in [-0.25, -0.2) is 0 Å². The first-order valence-electron chi connectivity index (χ1n) is 12.6. The SMILES string of the molecule is CC1=CC[C@@H]2C(=O)N(c3ccc(-c4ccc(N5C(=O)[C@@H]6CC=C(C)C[C@H]6C5=O)cc4)cc3)C(=O)[C@@H]2C1. The molecule has 4 atom stereocenters. The fourth-order valence-corrected chi connectivity index (χ4v) is 6.19. The predicted molar refractivity (Wildman–Crippen MR) is 137 cm³/mol. The number of hydrogen-bond donors (Lipinski definition) is 0. The highest BCUT2D eigenvalue weighted by Crippen LogP contribution is 2.41. The molecular weight excluding hydrogens is 452 g/mol. The molecule has 0 bridgehead atoms. The topological polar surface area (TPSA) is 74.8 Å². The summed E-state index contributed by atoms with van der Waals surface area (Å²) in [5.41, 5.74) is 5.37. The summed E-state index contributed by atoms with van der Waals surface area (Å²) in [7, 11) is 0. The quantitative estimate of drug-likeness (QED) is 0.455. The Labute approximate surface area is 210 Å². The van der Waals surface area contributed by atoms with Crippen molar-refractivity contribution < 1.29 is 19.2 Å². The number of imide groups is 2. The van der Waals surface area contributed by atoms with Crippen molar-refractivity contribution in [1.82, 2.24) is 0 Å². The van der Waals surface area contributed by atoms with E-state index < -0.39 is 0 Å². The number of carbonyl (C=O) groups excluding carboxylic acids is 4. The molecule has 0 N–H and O–H groups in total. The Kier molecular flexibility index (Phi) is 5.29. The van der Waals surface area contributed by atoms with Crippen molar-refractivity contribution in [3.8, 4) is 11.1 Å². The van der Waals surface area contributed by atoms with Crippen LogP contribution in [0.5, 0.6) is 0 Å². The van der Waals surface area contributed by atoms with E-state index in [2.05, 4.69) is 12.2 Å². The average molecular weight is 481 g/mol. The molecule has 2 saturated heterocycles. The lowest BCUT2D eigenvalue weighted by Gasteiger charge is -2.18. The zero-order chi connectivity index (χ0) is 25.1. The van der Waals surface area contributed by atoms with Gasteiger partial charge in [0.2, 0.25) is 23.6 Å². The van der Waals surface area contributed by atoms with Crippen molar-refractivity contribution in [2.45, 2.75) is 39.5 Å². The molecule has 4 aliphatic rings. The molecule has 6 nitrogen and oxygen atoms in total. The van der Waals surface area contributed by atoms with Gasteiger partial charge in [0, 0.05) is 0 Å². The Bertz CT molecular complexity index is 1250. The van der Waals surface area contributed by atoms with Crippen LogP contribution in [0.3, 0.4) is 0 Å². The molecule has 0 radical (unpaired) electrons. The van der Waals surface area contributed by atoms with Gasteiger partial charge in [-0.3, -0.25) is 29.0 Å². The maximum absolute atomic E-state index is 13.0. The van der Waals surface area contributed by atoms with E-state index in [-0.39, 0.29) is 47.3 Å². The van der Waals surface area contributed by atoms with Crippen molar-refractivity contribution in [2.24, 2.45) is 23.7 Å². The Morgan fingerprint density at radius 3 is 1.22 bits per heavy atom. The lowest BCUT2D eigenvalue weighted by atomic mass is 9.82. The van der Waals surface area contributed by atoms with Crippen LogP contribution in [0.4, 0.5) is 11.4 Å². The highest BCUT2D eigenvalue weighted by Gasteiger charge is 2.49. The van der Waals surface area contributed by atoms with Crippen molar-refractivity contribution >= 4 is 35.0 Å². The van der Waals surface area contributed by atoms with Crippen LogP contribution in [-0.4, -0.2) is 23.6 Å². The van der Waals surface area contributed by atoms with Gasteiger partial charge in [0.1, 0.15) is 0 Å². The van der Waals surface area contributed by atoms with Crippen LogP contribution < -0.4 is 9.80 Å². The number of nitrogens with zero attached hydrogens (tertiary/aromatic N) is 2. The van der Waals surface area contributed by atoms with Crippen molar-refractivity contribution in [3.63, 3.8) is 0 Å². The summed E-state index contributed by atoms with van der Waals surface area (Å²) in [6.07, 6.45) is 6.68. The number of fused-ring (bicyclic) bond motifs is 2. The van der Waals surface area contributed by atoms with E-state index in [1.54, 1.807) is 0 Å². The van der Waals surface area contributed by atoms with Crippen LogP contribution in [-0.2, 0) is 19.2 Å². The van der Waals surface area contributed by atoms with Crippen LogP contribution in [0, 0.1) is 23.7 Å². The number of hydrogen-bond acceptors (Lipinski definition) is 4. The van der Waals surface area contributed by atoms with Crippen LogP contribution in [0.25, 0.3) is 11.1 Å². The number of rotatable bonds is 3. The summed E-state index contributed by atoms with van der Waals surface area (Å²) in [5, 5.41) is 0. The normalized spacial score (nSPS) is 27.7. The number of allylic oxidation sites excluding steroid dienone is 4. The molecule has 2 aliphatic carbocycles. The van der Waals surface area contributed by atoms with Crippen LogP contribution >= 0.6 is 0 Å². The van der Waals surface area contributed by atoms with E-state index in [0.29, 0.717) is 37.1 Å². The Morgan fingerprint density at radius 1 is 0.528 bits per heavy atom. The Morgan fingerprint density at radius 2 is 0.861 bits per heavy atom. The molecule has 0 aromatic heterocycles. The monoisotopic (exact) mass is 480 g/mol. The zero-order valence-corrected chi connectivity index (χ0v) is 20.4. The van der Waals surface area contributed by atoms with Gasteiger partial charge in [-0.05, 0) is 74.9 Å². The predicted octanol–water partition coefficient (Wildman–Crippen LogP) is 5.05. The van der Waals surface area contributed by atoms with E-state index in [1.165, 1.54) is 20.9 Å². The largest absolute Gasteiger partial charge is 0.274 e. The molecule has 182 valence electrons. The first kappa shape index (κ1) is 22.7.